The Hall–Kier alpha value is -8.78. The maximum Gasteiger partial charge on any atom is 0.295 e. The van der Waals surface area contributed by atoms with Crippen LogP contribution < -0.4 is 31.1 Å². The molecule has 1 saturated heterocycles. The van der Waals surface area contributed by atoms with Crippen molar-refractivity contribution in [3.8, 4) is 0 Å². The SMILES string of the molecule is Cc1ccc(C(=O)Nc2cc(S(=O)(=O)O)cc3cc(S(=O)(=O)O)cc(S(=O)(=O)O)c23)cc1NC(=O)c1cccc(N2CCN(c3cccc(C(=O)Nc4cc(C(=O)Nc5cc(S(=O)(=O)O)cc6cc(S(=O)(=O)O)cc(S(=O)(=O)O)c56)ccc4C)c3)CC2)c1. The van der Waals surface area contributed by atoms with Crippen molar-refractivity contribution in [1.82, 2.24) is 0 Å². The minimum absolute atomic E-state index is 0.135. The predicted molar refractivity (Wildman–Crippen MR) is 318 cm³/mol. The molecule has 1 fully saturated rings. The molecule has 4 amide bonds. The number of rotatable bonds is 16. The lowest BCUT2D eigenvalue weighted by Crippen LogP contribution is -2.46. The summed E-state index contributed by atoms with van der Waals surface area (Å²) < 4.78 is 206. The van der Waals surface area contributed by atoms with Crippen LogP contribution in [0.25, 0.3) is 21.5 Å². The Bertz CT molecular complexity index is 4730. The highest BCUT2D eigenvalue weighted by atomic mass is 32.2. The van der Waals surface area contributed by atoms with Crippen molar-refractivity contribution in [3.05, 3.63) is 167 Å². The van der Waals surface area contributed by atoms with Gasteiger partial charge in [-0.1, -0.05) is 24.3 Å². The maximum atomic E-state index is 13.8. The number of piperazine rings is 1. The number of benzene rings is 8. The fourth-order valence-corrected chi connectivity index (χ4v) is 13.4. The molecule has 88 heavy (non-hydrogen) atoms. The maximum absolute atomic E-state index is 13.8. The van der Waals surface area contributed by atoms with Crippen LogP contribution >= 0.6 is 0 Å². The standard InChI is InChI=1S/C54H46N6O22S6/c1-29-9-11-33(53(63)57-45-25-39(83(65,66)67)19-35-21-41(85(71,72)73)27-47(49(35)45)87(77,78)79)23-43(29)55-51(61)31-5-3-7-37(17-31)59-13-15-60(16-14-59)38-8-4-6-32(18-38)52(62)56-44-24-34(12-10-30(44)2)54(64)58-46-26-40(84(68,69)70)20-36-22-42(86(74,75)76)28-48(50(36)46)88(80,81)82/h3-12,17-28H,13-16H2,1-2H3,(H,55,61)(H,56,62)(H,57,63)(H,58,64)(H,65,66,67)(H,68,69,70)(H,71,72,73)(H,74,75,76)(H,77,78,79)(H,80,81,82). The van der Waals surface area contributed by atoms with Crippen LogP contribution in [0.5, 0.6) is 0 Å². The molecule has 0 spiro atoms. The molecule has 0 aromatic heterocycles. The van der Waals surface area contributed by atoms with E-state index in [2.05, 4.69) is 21.3 Å². The third-order valence-corrected chi connectivity index (χ3v) is 19.0. The normalized spacial score (nSPS) is 13.5. The Morgan fingerprint density at radius 3 is 0.920 bits per heavy atom. The quantitative estimate of drug-likeness (QED) is 0.0466. The zero-order chi connectivity index (χ0) is 64.4. The highest BCUT2D eigenvalue weighted by molar-refractivity contribution is 7.87. The van der Waals surface area contributed by atoms with Gasteiger partial charge in [-0.25, -0.2) is 0 Å². The summed E-state index contributed by atoms with van der Waals surface area (Å²) in [5, 5.41) is 7.85. The van der Waals surface area contributed by atoms with Crippen LogP contribution in [0.4, 0.5) is 34.1 Å². The van der Waals surface area contributed by atoms with Gasteiger partial charge in [0.05, 0.1) is 31.0 Å². The fourth-order valence-electron chi connectivity index (χ4n) is 9.53. The van der Waals surface area contributed by atoms with Gasteiger partial charge < -0.3 is 31.1 Å². The van der Waals surface area contributed by atoms with Gasteiger partial charge in [-0.3, -0.25) is 46.5 Å². The molecule has 0 bridgehead atoms. The molecule has 1 aliphatic rings. The van der Waals surface area contributed by atoms with Crippen molar-refractivity contribution in [1.29, 1.82) is 0 Å². The van der Waals surface area contributed by atoms with E-state index in [0.29, 0.717) is 97.2 Å². The Morgan fingerprint density at radius 1 is 0.341 bits per heavy atom. The average Bonchev–Trinajstić information content (AvgIpc) is 0.789. The first-order valence-electron chi connectivity index (χ1n) is 25.1. The van der Waals surface area contributed by atoms with Crippen LogP contribution in [0.2, 0.25) is 0 Å². The van der Waals surface area contributed by atoms with Gasteiger partial charge in [0.1, 0.15) is 9.79 Å². The summed E-state index contributed by atoms with van der Waals surface area (Å²) in [5.41, 5.74) is 1.37. The van der Waals surface area contributed by atoms with Crippen LogP contribution in [0, 0.1) is 13.8 Å². The fraction of sp³-hybridized carbons (Fsp3) is 0.111. The molecule has 0 aliphatic carbocycles. The number of carbonyl (C=O) groups is 4. The summed E-state index contributed by atoms with van der Waals surface area (Å²) in [5.74, 6) is -3.25. The number of hydrogen-bond acceptors (Lipinski definition) is 18. The number of aryl methyl sites for hydroxylation is 2. The molecule has 34 heteroatoms. The molecule has 8 aromatic rings. The minimum Gasteiger partial charge on any atom is -0.368 e. The van der Waals surface area contributed by atoms with Crippen molar-refractivity contribution < 1.29 is 97.0 Å². The molecule has 28 nitrogen and oxygen atoms in total. The topological polar surface area (TPSA) is 449 Å². The summed E-state index contributed by atoms with van der Waals surface area (Å²) in [7, 11) is -31.2. The molecular weight excluding hydrogens is 1280 g/mol. The number of hydrogen-bond donors (Lipinski definition) is 10. The van der Waals surface area contributed by atoms with Gasteiger partial charge in [-0.15, -0.1) is 0 Å². The Balaban J connectivity index is 0.868. The van der Waals surface area contributed by atoms with Crippen LogP contribution in [0.3, 0.4) is 0 Å². The van der Waals surface area contributed by atoms with Gasteiger partial charge in [-0.05, 0) is 145 Å². The Labute approximate surface area is 501 Å². The zero-order valence-corrected chi connectivity index (χ0v) is 50.0. The predicted octanol–water partition coefficient (Wildman–Crippen LogP) is 6.43. The summed E-state index contributed by atoms with van der Waals surface area (Å²) >= 11 is 0. The van der Waals surface area contributed by atoms with E-state index in [1.54, 1.807) is 62.4 Å². The largest absolute Gasteiger partial charge is 0.368 e. The van der Waals surface area contributed by atoms with Crippen molar-refractivity contribution >= 4 is 140 Å². The molecule has 1 heterocycles. The number of nitrogens with zero attached hydrogens (tertiary/aromatic N) is 2. The van der Waals surface area contributed by atoms with Crippen LogP contribution in [-0.4, -0.2) is 128 Å². The smallest absolute Gasteiger partial charge is 0.295 e. The van der Waals surface area contributed by atoms with E-state index in [4.69, 9.17) is 0 Å². The summed E-state index contributed by atoms with van der Waals surface area (Å²) in [6.45, 7) is 5.01. The lowest BCUT2D eigenvalue weighted by molar-refractivity contribution is 0.101. The molecule has 0 atom stereocenters. The van der Waals surface area contributed by atoms with Crippen molar-refractivity contribution in [3.63, 3.8) is 0 Å². The zero-order valence-electron chi connectivity index (χ0n) is 45.1. The Morgan fingerprint density at radius 2 is 0.625 bits per heavy atom. The molecule has 0 unspecified atom stereocenters. The average molecular weight is 1320 g/mol. The summed E-state index contributed by atoms with van der Waals surface area (Å²) in [6, 6.07) is 26.0. The van der Waals surface area contributed by atoms with E-state index < -0.39 is 147 Å². The van der Waals surface area contributed by atoms with Gasteiger partial charge in [0.25, 0.3) is 84.3 Å². The first kappa shape index (κ1) is 63.7. The van der Waals surface area contributed by atoms with E-state index in [9.17, 15) is 97.0 Å². The van der Waals surface area contributed by atoms with Gasteiger partial charge in [0.2, 0.25) is 0 Å². The third-order valence-electron chi connectivity index (χ3n) is 13.9. The number of carbonyl (C=O) groups excluding carboxylic acids is 4. The van der Waals surface area contributed by atoms with Crippen LogP contribution in [-0.2, 0) is 60.7 Å². The van der Waals surface area contributed by atoms with E-state index in [-0.39, 0.29) is 33.6 Å². The van der Waals surface area contributed by atoms with Crippen molar-refractivity contribution in [2.75, 3.05) is 57.2 Å². The molecule has 0 saturated carbocycles. The number of fused-ring (bicyclic) bond motifs is 2. The highest BCUT2D eigenvalue weighted by Gasteiger charge is 2.29. The van der Waals surface area contributed by atoms with Crippen molar-refractivity contribution in [2.24, 2.45) is 0 Å². The van der Waals surface area contributed by atoms with Crippen LogP contribution in [0.1, 0.15) is 52.6 Å². The molecule has 0 radical (unpaired) electrons. The first-order valence-corrected chi connectivity index (χ1v) is 33.7. The van der Waals surface area contributed by atoms with Gasteiger partial charge in [-0.2, -0.15) is 50.5 Å². The molecule has 1 aliphatic heterocycles. The highest BCUT2D eigenvalue weighted by Crippen LogP contribution is 2.38. The van der Waals surface area contributed by atoms with E-state index in [1.165, 1.54) is 36.4 Å². The molecular formula is C54H46N6O22S6. The number of nitrogens with one attached hydrogen (secondary N) is 4. The minimum atomic E-state index is -5.34. The first-order chi connectivity index (χ1) is 40.8. The third kappa shape index (κ3) is 14.0. The second-order valence-electron chi connectivity index (χ2n) is 19.8. The van der Waals surface area contributed by atoms with Gasteiger partial charge in [0.15, 0.2) is 0 Å². The van der Waals surface area contributed by atoms with Gasteiger partial charge >= 0.3 is 0 Å². The molecule has 8 aromatic carbocycles. The monoisotopic (exact) mass is 1320 g/mol. The second kappa shape index (κ2) is 23.4. The van der Waals surface area contributed by atoms with Crippen molar-refractivity contribution in [2.45, 2.75) is 43.2 Å². The second-order valence-corrected chi connectivity index (χ2v) is 28.2. The van der Waals surface area contributed by atoms with E-state index in [0.717, 1.165) is 0 Å². The number of amides is 4. The number of anilines is 6. The van der Waals surface area contributed by atoms with Crippen LogP contribution in [0.15, 0.2) is 163 Å². The Kier molecular flexibility index (Phi) is 16.9. The molecule has 460 valence electrons. The summed E-state index contributed by atoms with van der Waals surface area (Å²) in [6.07, 6.45) is 0. The van der Waals surface area contributed by atoms with E-state index in [1.807, 2.05) is 9.80 Å². The lowest BCUT2D eigenvalue weighted by atomic mass is 10.1. The molecule has 10 N–H and O–H groups in total. The van der Waals surface area contributed by atoms with E-state index >= 15 is 0 Å². The summed E-state index contributed by atoms with van der Waals surface area (Å²) in [4.78, 5) is 52.9. The lowest BCUT2D eigenvalue weighted by Gasteiger charge is -2.37. The molecule has 9 rings (SSSR count). The van der Waals surface area contributed by atoms with Gasteiger partial charge in [0, 0.05) is 82.0 Å².